The molecule has 1 fully saturated rings. The molecule has 1 aromatic heterocycles. The van der Waals surface area contributed by atoms with Gasteiger partial charge in [0.25, 0.3) is 0 Å². The summed E-state index contributed by atoms with van der Waals surface area (Å²) in [6.45, 7) is -0.00381. The third-order valence-electron chi connectivity index (χ3n) is 4.64. The van der Waals surface area contributed by atoms with E-state index in [2.05, 4.69) is 10.2 Å². The summed E-state index contributed by atoms with van der Waals surface area (Å²) in [7, 11) is -2.16. The Balaban J connectivity index is 1.57. The van der Waals surface area contributed by atoms with Gasteiger partial charge >= 0.3 is 0 Å². The Labute approximate surface area is 168 Å². The second kappa shape index (κ2) is 7.66. The van der Waals surface area contributed by atoms with Crippen LogP contribution in [0.15, 0.2) is 57.8 Å². The molecule has 4 rings (SSSR count). The summed E-state index contributed by atoms with van der Waals surface area (Å²) >= 11 is 0. The number of benzene rings is 2. The topological polar surface area (TPSA) is 109 Å². The van der Waals surface area contributed by atoms with E-state index >= 15 is 0 Å². The Kier molecular flexibility index (Phi) is 5.05. The molecular weight excluding hydrogens is 392 g/mol. The van der Waals surface area contributed by atoms with Crippen LogP contribution >= 0.6 is 0 Å². The average Bonchev–Trinajstić information content (AvgIpc) is 3.49. The maximum absolute atomic E-state index is 13.1. The third-order valence-corrected chi connectivity index (χ3v) is 6.55. The third kappa shape index (κ3) is 3.99. The summed E-state index contributed by atoms with van der Waals surface area (Å²) < 4.78 is 38.4. The number of ether oxygens (including phenoxy) is 1. The predicted octanol–water partition coefficient (Wildman–Crippen LogP) is 2.97. The fourth-order valence-electron chi connectivity index (χ4n) is 2.91. The Bertz CT molecular complexity index is 1140. The fraction of sp³-hybridized carbons (Fsp3) is 0.250. The molecule has 3 aromatic rings. The number of sulfonamides is 1. The van der Waals surface area contributed by atoms with Crippen LogP contribution < -0.4 is 4.74 Å². The van der Waals surface area contributed by atoms with Crippen molar-refractivity contribution in [1.82, 2.24) is 14.5 Å². The molecule has 2 aromatic carbocycles. The molecule has 0 saturated heterocycles. The zero-order valence-electron chi connectivity index (χ0n) is 15.6. The summed E-state index contributed by atoms with van der Waals surface area (Å²) in [5.74, 6) is 1.25. The highest BCUT2D eigenvalue weighted by Gasteiger charge is 2.39. The van der Waals surface area contributed by atoms with Crippen molar-refractivity contribution >= 4 is 10.0 Å². The van der Waals surface area contributed by atoms with Gasteiger partial charge in [0.05, 0.1) is 30.2 Å². The standard InChI is InChI=1S/C20H18N4O4S/c1-27-17-8-4-15(5-9-17)20-23-22-19(28-20)13-24(16-6-7-16)29(25,26)18-10-2-14(12-21)3-11-18/h2-5,8-11,16H,6-7,13H2,1H3. The summed E-state index contributed by atoms with van der Waals surface area (Å²) in [6, 6.07) is 14.9. The minimum absolute atomic E-state index is 0.00381. The lowest BCUT2D eigenvalue weighted by atomic mass is 10.2. The van der Waals surface area contributed by atoms with Crippen LogP contribution in [0.4, 0.5) is 0 Å². The Hall–Kier alpha value is -3.22. The second-order valence-corrected chi connectivity index (χ2v) is 8.54. The van der Waals surface area contributed by atoms with Crippen molar-refractivity contribution in [2.75, 3.05) is 7.11 Å². The number of hydrogen-bond acceptors (Lipinski definition) is 7. The average molecular weight is 410 g/mol. The van der Waals surface area contributed by atoms with Crippen LogP contribution in [-0.2, 0) is 16.6 Å². The molecule has 0 aliphatic heterocycles. The summed E-state index contributed by atoms with van der Waals surface area (Å²) in [5.41, 5.74) is 1.13. The first-order valence-corrected chi connectivity index (χ1v) is 10.4. The first-order valence-electron chi connectivity index (χ1n) is 9.00. The van der Waals surface area contributed by atoms with Gasteiger partial charge in [-0.2, -0.15) is 9.57 Å². The molecule has 148 valence electrons. The van der Waals surface area contributed by atoms with Gasteiger partial charge in [-0.15, -0.1) is 10.2 Å². The van der Waals surface area contributed by atoms with E-state index in [0.717, 1.165) is 18.4 Å². The lowest BCUT2D eigenvalue weighted by Crippen LogP contribution is -2.32. The number of rotatable bonds is 7. The highest BCUT2D eigenvalue weighted by Crippen LogP contribution is 2.34. The first-order chi connectivity index (χ1) is 14.0. The van der Waals surface area contributed by atoms with Gasteiger partial charge in [0.1, 0.15) is 5.75 Å². The number of methoxy groups -OCH3 is 1. The van der Waals surface area contributed by atoms with Crippen molar-refractivity contribution in [3.8, 4) is 23.3 Å². The minimum Gasteiger partial charge on any atom is -0.497 e. The largest absolute Gasteiger partial charge is 0.497 e. The molecule has 9 heteroatoms. The molecule has 0 N–H and O–H groups in total. The Morgan fingerprint density at radius 1 is 1.14 bits per heavy atom. The normalized spacial score (nSPS) is 14.0. The van der Waals surface area contributed by atoms with E-state index in [4.69, 9.17) is 14.4 Å². The molecule has 0 unspecified atom stereocenters. The van der Waals surface area contributed by atoms with Gasteiger partial charge in [-0.05, 0) is 61.4 Å². The van der Waals surface area contributed by atoms with E-state index in [0.29, 0.717) is 17.2 Å². The van der Waals surface area contributed by atoms with E-state index in [-0.39, 0.29) is 23.4 Å². The maximum atomic E-state index is 13.1. The second-order valence-electron chi connectivity index (χ2n) is 6.65. The molecule has 0 atom stereocenters. The van der Waals surface area contributed by atoms with Gasteiger partial charge in [-0.25, -0.2) is 8.42 Å². The van der Waals surface area contributed by atoms with Crippen LogP contribution in [0.25, 0.3) is 11.5 Å². The van der Waals surface area contributed by atoms with E-state index in [1.165, 1.54) is 28.6 Å². The molecular formula is C20H18N4O4S. The lowest BCUT2D eigenvalue weighted by molar-refractivity contribution is 0.351. The van der Waals surface area contributed by atoms with Crippen LogP contribution in [0.2, 0.25) is 0 Å². The van der Waals surface area contributed by atoms with Gasteiger partial charge < -0.3 is 9.15 Å². The molecule has 8 nitrogen and oxygen atoms in total. The van der Waals surface area contributed by atoms with Crippen LogP contribution in [0.1, 0.15) is 24.3 Å². The van der Waals surface area contributed by atoms with Crippen LogP contribution in [-0.4, -0.2) is 36.1 Å². The van der Waals surface area contributed by atoms with Crippen molar-refractivity contribution in [2.24, 2.45) is 0 Å². The quantitative estimate of drug-likeness (QED) is 0.589. The van der Waals surface area contributed by atoms with Gasteiger partial charge in [0, 0.05) is 11.6 Å². The monoisotopic (exact) mass is 410 g/mol. The Morgan fingerprint density at radius 3 is 2.41 bits per heavy atom. The van der Waals surface area contributed by atoms with E-state index in [9.17, 15) is 8.42 Å². The summed E-state index contributed by atoms with van der Waals surface area (Å²) in [4.78, 5) is 0.137. The number of hydrogen-bond donors (Lipinski definition) is 0. The zero-order chi connectivity index (χ0) is 20.4. The van der Waals surface area contributed by atoms with E-state index in [1.807, 2.05) is 6.07 Å². The van der Waals surface area contributed by atoms with Crippen LogP contribution in [0.3, 0.4) is 0 Å². The van der Waals surface area contributed by atoms with Gasteiger partial charge in [0.2, 0.25) is 21.8 Å². The van der Waals surface area contributed by atoms with Crippen LogP contribution in [0, 0.1) is 11.3 Å². The van der Waals surface area contributed by atoms with Crippen molar-refractivity contribution in [2.45, 2.75) is 30.3 Å². The zero-order valence-corrected chi connectivity index (χ0v) is 16.5. The first kappa shape index (κ1) is 19.1. The predicted molar refractivity (Wildman–Crippen MR) is 103 cm³/mol. The van der Waals surface area contributed by atoms with E-state index < -0.39 is 10.0 Å². The van der Waals surface area contributed by atoms with Crippen molar-refractivity contribution in [1.29, 1.82) is 5.26 Å². The molecule has 0 spiro atoms. The molecule has 1 aliphatic rings. The molecule has 1 saturated carbocycles. The number of nitrogens with zero attached hydrogens (tertiary/aromatic N) is 4. The number of aromatic nitrogens is 2. The molecule has 1 aliphatic carbocycles. The fourth-order valence-corrected chi connectivity index (χ4v) is 4.55. The SMILES string of the molecule is COc1ccc(-c2nnc(CN(C3CC3)S(=O)(=O)c3ccc(C#N)cc3)o2)cc1. The number of nitriles is 1. The van der Waals surface area contributed by atoms with Crippen LogP contribution in [0.5, 0.6) is 5.75 Å². The van der Waals surface area contributed by atoms with Crippen molar-refractivity contribution in [3.63, 3.8) is 0 Å². The highest BCUT2D eigenvalue weighted by molar-refractivity contribution is 7.89. The van der Waals surface area contributed by atoms with Crippen molar-refractivity contribution < 1.29 is 17.6 Å². The molecule has 1 heterocycles. The molecule has 0 bridgehead atoms. The minimum atomic E-state index is -3.75. The molecule has 29 heavy (non-hydrogen) atoms. The van der Waals surface area contributed by atoms with E-state index in [1.54, 1.807) is 31.4 Å². The van der Waals surface area contributed by atoms with Crippen molar-refractivity contribution in [3.05, 3.63) is 60.0 Å². The summed E-state index contributed by atoms with van der Waals surface area (Å²) in [5, 5.41) is 17.0. The smallest absolute Gasteiger partial charge is 0.247 e. The van der Waals surface area contributed by atoms with Gasteiger partial charge in [-0.1, -0.05) is 0 Å². The lowest BCUT2D eigenvalue weighted by Gasteiger charge is -2.20. The van der Waals surface area contributed by atoms with Gasteiger partial charge in [0.15, 0.2) is 0 Å². The summed E-state index contributed by atoms with van der Waals surface area (Å²) in [6.07, 6.45) is 1.57. The highest BCUT2D eigenvalue weighted by atomic mass is 32.2. The molecule has 0 amide bonds. The Morgan fingerprint density at radius 2 is 1.83 bits per heavy atom. The maximum Gasteiger partial charge on any atom is 0.247 e. The molecule has 0 radical (unpaired) electrons. The van der Waals surface area contributed by atoms with Gasteiger partial charge in [-0.3, -0.25) is 0 Å².